The second-order valence-corrected chi connectivity index (χ2v) is 9.99. The number of aromatic nitrogens is 1. The number of carbonyl (C=O) groups excluding carboxylic acids is 1. The van der Waals surface area contributed by atoms with Gasteiger partial charge in [-0.1, -0.05) is 15.9 Å². The van der Waals surface area contributed by atoms with Crippen molar-refractivity contribution in [2.45, 2.75) is 65.0 Å². The van der Waals surface area contributed by atoms with Crippen molar-refractivity contribution in [2.75, 3.05) is 13.1 Å². The van der Waals surface area contributed by atoms with Crippen LogP contribution in [0.2, 0.25) is 0 Å². The van der Waals surface area contributed by atoms with Gasteiger partial charge < -0.3 is 19.1 Å². The van der Waals surface area contributed by atoms with Gasteiger partial charge in [-0.2, -0.15) is 0 Å². The topological polar surface area (TPSA) is 60.9 Å². The van der Waals surface area contributed by atoms with Crippen LogP contribution in [0.15, 0.2) is 34.9 Å². The highest BCUT2D eigenvalue weighted by atomic mass is 79.9. The zero-order valence-corrected chi connectivity index (χ0v) is 19.4. The van der Waals surface area contributed by atoms with Crippen LogP contribution in [0.3, 0.4) is 0 Å². The van der Waals surface area contributed by atoms with Gasteiger partial charge in [0.15, 0.2) is 0 Å². The fraction of sp³-hybridized carbons (Fsp3) is 0.545. The first-order chi connectivity index (χ1) is 13.4. The number of pyridine rings is 1. The van der Waals surface area contributed by atoms with E-state index in [-0.39, 0.29) is 18.3 Å². The minimum absolute atomic E-state index is 0.280. The fourth-order valence-electron chi connectivity index (χ4n) is 3.43. The summed E-state index contributed by atoms with van der Waals surface area (Å²) in [6, 6.07) is 7.76. The molecule has 2 heterocycles. The predicted molar refractivity (Wildman–Crippen MR) is 116 cm³/mol. The van der Waals surface area contributed by atoms with Crippen LogP contribution in [0, 0.1) is 0 Å². The summed E-state index contributed by atoms with van der Waals surface area (Å²) in [7, 11) is 0. The zero-order valence-electron chi connectivity index (χ0n) is 17.9. The molecule has 0 N–H and O–H groups in total. The molecule has 0 aliphatic carbocycles. The van der Waals surface area contributed by atoms with Crippen molar-refractivity contribution in [3.8, 4) is 5.75 Å². The molecular formula is C22H29BrN2O4. The Morgan fingerprint density at radius 1 is 1.38 bits per heavy atom. The van der Waals surface area contributed by atoms with E-state index < -0.39 is 11.2 Å². The minimum atomic E-state index is -0.542. The summed E-state index contributed by atoms with van der Waals surface area (Å²) in [5.41, 5.74) is -0.193. The van der Waals surface area contributed by atoms with E-state index in [1.807, 2.05) is 65.8 Å². The molecule has 1 aliphatic heterocycles. The number of carbonyl (C=O) groups is 1. The van der Waals surface area contributed by atoms with Crippen LogP contribution in [0.1, 0.15) is 41.5 Å². The molecule has 2 aromatic rings. The summed E-state index contributed by atoms with van der Waals surface area (Å²) in [4.78, 5) is 18.8. The van der Waals surface area contributed by atoms with Gasteiger partial charge in [0.05, 0.1) is 24.2 Å². The molecule has 0 spiro atoms. The molecule has 1 amide bonds. The first-order valence-corrected chi connectivity index (χ1v) is 10.6. The molecule has 7 heteroatoms. The molecule has 3 rings (SSSR count). The Kier molecular flexibility index (Phi) is 6.11. The van der Waals surface area contributed by atoms with Crippen molar-refractivity contribution < 1.29 is 19.0 Å². The van der Waals surface area contributed by atoms with E-state index >= 15 is 0 Å². The molecule has 0 bridgehead atoms. The minimum Gasteiger partial charge on any atom is -0.487 e. The van der Waals surface area contributed by atoms with Crippen molar-refractivity contribution in [2.24, 2.45) is 0 Å². The number of benzene rings is 1. The molecular weight excluding hydrogens is 436 g/mol. The van der Waals surface area contributed by atoms with Gasteiger partial charge in [0, 0.05) is 16.1 Å². The van der Waals surface area contributed by atoms with Crippen LogP contribution in [-0.2, 0) is 9.47 Å². The van der Waals surface area contributed by atoms with E-state index in [1.165, 1.54) is 0 Å². The van der Waals surface area contributed by atoms with Crippen LogP contribution in [0.25, 0.3) is 10.9 Å². The highest BCUT2D eigenvalue weighted by Crippen LogP contribution is 2.32. The Hall–Kier alpha value is -1.86. The SMILES string of the molecule is C[C@@H](Oc1cc(Br)cc2ncccc12)[C@@H]1CN(C(=O)OC(C)(C)C)CC(C)(C)O1. The van der Waals surface area contributed by atoms with Gasteiger partial charge in [-0.25, -0.2) is 4.79 Å². The van der Waals surface area contributed by atoms with Crippen LogP contribution >= 0.6 is 15.9 Å². The fourth-order valence-corrected chi connectivity index (χ4v) is 3.85. The number of amides is 1. The van der Waals surface area contributed by atoms with E-state index in [9.17, 15) is 4.79 Å². The second kappa shape index (κ2) is 8.11. The summed E-state index contributed by atoms with van der Waals surface area (Å²) in [5, 5.41) is 0.932. The third kappa shape index (κ3) is 5.60. The first kappa shape index (κ1) is 21.8. The molecule has 1 fully saturated rings. The normalized spacial score (nSPS) is 20.4. The molecule has 0 unspecified atom stereocenters. The molecule has 2 atom stereocenters. The van der Waals surface area contributed by atoms with Crippen LogP contribution < -0.4 is 4.74 Å². The van der Waals surface area contributed by atoms with Gasteiger partial charge in [0.2, 0.25) is 0 Å². The van der Waals surface area contributed by atoms with E-state index in [0.717, 1.165) is 21.1 Å². The number of fused-ring (bicyclic) bond motifs is 1. The lowest BCUT2D eigenvalue weighted by Gasteiger charge is -2.44. The zero-order chi connectivity index (χ0) is 21.4. The monoisotopic (exact) mass is 464 g/mol. The van der Waals surface area contributed by atoms with Crippen molar-refractivity contribution in [3.05, 3.63) is 34.9 Å². The lowest BCUT2D eigenvalue weighted by atomic mass is 10.0. The molecule has 1 saturated heterocycles. The first-order valence-electron chi connectivity index (χ1n) is 9.80. The maximum atomic E-state index is 12.6. The van der Waals surface area contributed by atoms with Gasteiger partial charge in [-0.05, 0) is 65.8 Å². The summed E-state index contributed by atoms with van der Waals surface area (Å²) in [5.74, 6) is 0.728. The van der Waals surface area contributed by atoms with Crippen molar-refractivity contribution >= 4 is 32.9 Å². The Labute approximate surface area is 180 Å². The summed E-state index contributed by atoms with van der Waals surface area (Å²) in [6.07, 6.45) is 0.852. The van der Waals surface area contributed by atoms with E-state index in [0.29, 0.717) is 13.1 Å². The average Bonchev–Trinajstić information content (AvgIpc) is 2.58. The maximum Gasteiger partial charge on any atom is 0.410 e. The lowest BCUT2D eigenvalue weighted by molar-refractivity contribution is -0.159. The van der Waals surface area contributed by atoms with Gasteiger partial charge in [-0.15, -0.1) is 0 Å². The van der Waals surface area contributed by atoms with Crippen LogP contribution in [-0.4, -0.2) is 52.5 Å². The Morgan fingerprint density at radius 2 is 2.10 bits per heavy atom. The largest absolute Gasteiger partial charge is 0.487 e. The van der Waals surface area contributed by atoms with Crippen molar-refractivity contribution in [3.63, 3.8) is 0 Å². The third-order valence-electron chi connectivity index (χ3n) is 4.58. The summed E-state index contributed by atoms with van der Waals surface area (Å²) in [6.45, 7) is 12.4. The van der Waals surface area contributed by atoms with Gasteiger partial charge in [0.25, 0.3) is 0 Å². The van der Waals surface area contributed by atoms with Crippen LogP contribution in [0.4, 0.5) is 4.79 Å². The van der Waals surface area contributed by atoms with Gasteiger partial charge in [0.1, 0.15) is 23.6 Å². The molecule has 1 aromatic heterocycles. The Bertz CT molecular complexity index is 894. The molecule has 0 saturated carbocycles. The second-order valence-electron chi connectivity index (χ2n) is 9.07. The standard InChI is InChI=1S/C22H29BrN2O4/c1-14(27-18-11-15(23)10-17-16(18)8-7-9-24-17)19-12-25(13-22(5,6)28-19)20(26)29-21(2,3)4/h7-11,14,19H,12-13H2,1-6H3/t14-,19+/m1/s1. The lowest BCUT2D eigenvalue weighted by Crippen LogP contribution is -2.58. The van der Waals surface area contributed by atoms with Gasteiger partial charge in [-0.3, -0.25) is 4.98 Å². The quantitative estimate of drug-likeness (QED) is 0.625. The number of halogens is 1. The van der Waals surface area contributed by atoms with Gasteiger partial charge >= 0.3 is 6.09 Å². The van der Waals surface area contributed by atoms with E-state index in [2.05, 4.69) is 20.9 Å². The summed E-state index contributed by atoms with van der Waals surface area (Å²) < 4.78 is 19.0. The number of ether oxygens (including phenoxy) is 3. The number of morpholine rings is 1. The maximum absolute atomic E-state index is 12.6. The highest BCUT2D eigenvalue weighted by Gasteiger charge is 2.40. The number of hydrogen-bond donors (Lipinski definition) is 0. The third-order valence-corrected chi connectivity index (χ3v) is 5.04. The smallest absolute Gasteiger partial charge is 0.410 e. The Balaban J connectivity index is 1.79. The molecule has 29 heavy (non-hydrogen) atoms. The predicted octanol–water partition coefficient (Wildman–Crippen LogP) is 5.18. The van der Waals surface area contributed by atoms with Crippen molar-refractivity contribution in [1.29, 1.82) is 0 Å². The number of nitrogens with zero attached hydrogens (tertiary/aromatic N) is 2. The molecule has 6 nitrogen and oxygen atoms in total. The average molecular weight is 465 g/mol. The number of hydrogen-bond acceptors (Lipinski definition) is 5. The highest BCUT2D eigenvalue weighted by molar-refractivity contribution is 9.10. The molecule has 1 aromatic carbocycles. The van der Waals surface area contributed by atoms with E-state index in [4.69, 9.17) is 14.2 Å². The van der Waals surface area contributed by atoms with Crippen LogP contribution in [0.5, 0.6) is 5.75 Å². The Morgan fingerprint density at radius 3 is 2.79 bits per heavy atom. The number of rotatable bonds is 3. The summed E-state index contributed by atoms with van der Waals surface area (Å²) >= 11 is 3.52. The molecule has 158 valence electrons. The van der Waals surface area contributed by atoms with E-state index in [1.54, 1.807) is 11.1 Å². The molecule has 0 radical (unpaired) electrons. The molecule has 1 aliphatic rings. The van der Waals surface area contributed by atoms with Crippen molar-refractivity contribution in [1.82, 2.24) is 9.88 Å².